The molecular weight excluding hydrogens is 504 g/mol. The van der Waals surface area contributed by atoms with Crippen molar-refractivity contribution in [3.63, 3.8) is 0 Å². The minimum atomic E-state index is -0.119. The van der Waals surface area contributed by atoms with Gasteiger partial charge in [-0.05, 0) is 101 Å². The molecule has 2 nitrogen and oxygen atoms in total. The van der Waals surface area contributed by atoms with Gasteiger partial charge in [0, 0.05) is 43.9 Å². The van der Waals surface area contributed by atoms with E-state index < -0.39 is 0 Å². The Labute approximate surface area is 243 Å². The summed E-state index contributed by atoms with van der Waals surface area (Å²) >= 11 is 1.97. The van der Waals surface area contributed by atoms with Crippen LogP contribution in [-0.4, -0.2) is 9.97 Å². The Morgan fingerprint density at radius 3 is 2.42 bits per heavy atom. The van der Waals surface area contributed by atoms with Crippen LogP contribution in [0.25, 0.3) is 48.8 Å². The SMILES string of the molecule is CC1=CC(C)(C)c2nc(-c3cc(C(C)(C)C)c4cnccc4c3)cc(-c3ccc4c(C)c(CC(C)C)sc4c3)c21. The Morgan fingerprint density at radius 1 is 0.925 bits per heavy atom. The Kier molecular flexibility index (Phi) is 6.31. The van der Waals surface area contributed by atoms with Crippen LogP contribution >= 0.6 is 11.3 Å². The average Bonchev–Trinajstić information content (AvgIpc) is 3.32. The third-order valence-corrected chi connectivity index (χ3v) is 9.68. The fraction of sp³-hybridized carbons (Fsp3) is 0.351. The molecule has 0 aliphatic heterocycles. The third kappa shape index (κ3) is 4.49. The second-order valence-corrected chi connectivity index (χ2v) is 14.8. The number of hydrogen-bond donors (Lipinski definition) is 0. The molecule has 0 N–H and O–H groups in total. The summed E-state index contributed by atoms with van der Waals surface area (Å²) in [6.45, 7) is 20.6. The molecule has 0 amide bonds. The molecule has 40 heavy (non-hydrogen) atoms. The molecule has 3 heterocycles. The van der Waals surface area contributed by atoms with Crippen molar-refractivity contribution in [1.82, 2.24) is 9.97 Å². The van der Waals surface area contributed by atoms with Crippen LogP contribution in [0.2, 0.25) is 0 Å². The van der Waals surface area contributed by atoms with Gasteiger partial charge in [-0.25, -0.2) is 0 Å². The number of nitrogens with zero attached hydrogens (tertiary/aromatic N) is 2. The zero-order valence-corrected chi connectivity index (χ0v) is 26.2. The fourth-order valence-corrected chi connectivity index (χ4v) is 7.91. The summed E-state index contributed by atoms with van der Waals surface area (Å²) in [5.41, 5.74) is 11.2. The molecule has 0 unspecified atom stereocenters. The van der Waals surface area contributed by atoms with Crippen molar-refractivity contribution in [2.24, 2.45) is 5.92 Å². The maximum atomic E-state index is 5.39. The van der Waals surface area contributed by atoms with Crippen LogP contribution in [-0.2, 0) is 17.3 Å². The van der Waals surface area contributed by atoms with Gasteiger partial charge in [0.15, 0.2) is 0 Å². The molecule has 0 saturated heterocycles. The van der Waals surface area contributed by atoms with Crippen LogP contribution in [0.3, 0.4) is 0 Å². The number of allylic oxidation sites excluding steroid dienone is 2. The van der Waals surface area contributed by atoms with Crippen molar-refractivity contribution >= 4 is 37.8 Å². The summed E-state index contributed by atoms with van der Waals surface area (Å²) in [7, 11) is 0. The maximum Gasteiger partial charge on any atom is 0.0712 e. The van der Waals surface area contributed by atoms with Crippen molar-refractivity contribution in [1.29, 1.82) is 0 Å². The van der Waals surface area contributed by atoms with Crippen LogP contribution < -0.4 is 0 Å². The van der Waals surface area contributed by atoms with E-state index in [9.17, 15) is 0 Å². The monoisotopic (exact) mass is 544 g/mol. The number of hydrogen-bond acceptors (Lipinski definition) is 3. The van der Waals surface area contributed by atoms with Gasteiger partial charge in [0.1, 0.15) is 0 Å². The predicted octanol–water partition coefficient (Wildman–Crippen LogP) is 10.7. The molecule has 1 aliphatic carbocycles. The third-order valence-electron chi connectivity index (χ3n) is 8.40. The Morgan fingerprint density at radius 2 is 1.70 bits per heavy atom. The summed E-state index contributed by atoms with van der Waals surface area (Å²) in [6, 6.07) is 16.2. The van der Waals surface area contributed by atoms with Crippen LogP contribution in [0, 0.1) is 12.8 Å². The van der Waals surface area contributed by atoms with Crippen molar-refractivity contribution in [3.05, 3.63) is 88.2 Å². The van der Waals surface area contributed by atoms with E-state index in [1.54, 1.807) is 0 Å². The Bertz CT molecular complexity index is 1830. The van der Waals surface area contributed by atoms with Gasteiger partial charge in [-0.1, -0.05) is 66.7 Å². The smallest absolute Gasteiger partial charge is 0.0712 e. The molecule has 0 fully saturated rings. The Balaban J connectivity index is 1.60. The highest BCUT2D eigenvalue weighted by Gasteiger charge is 2.33. The first-order valence-electron chi connectivity index (χ1n) is 14.5. The van der Waals surface area contributed by atoms with E-state index in [1.165, 1.54) is 70.4 Å². The molecule has 2 aromatic carbocycles. The van der Waals surface area contributed by atoms with E-state index >= 15 is 0 Å². The van der Waals surface area contributed by atoms with Crippen molar-refractivity contribution in [2.75, 3.05) is 0 Å². The van der Waals surface area contributed by atoms with Crippen molar-refractivity contribution in [2.45, 2.75) is 79.6 Å². The van der Waals surface area contributed by atoms with Crippen LogP contribution in [0.15, 0.2) is 60.9 Å². The normalized spacial score (nSPS) is 14.8. The highest BCUT2D eigenvalue weighted by molar-refractivity contribution is 7.19. The molecule has 5 aromatic rings. The van der Waals surface area contributed by atoms with Crippen molar-refractivity contribution in [3.8, 4) is 22.4 Å². The number of aromatic nitrogens is 2. The van der Waals surface area contributed by atoms with Gasteiger partial charge in [0.2, 0.25) is 0 Å². The number of aryl methyl sites for hydroxylation is 1. The molecule has 6 rings (SSSR count). The van der Waals surface area contributed by atoms with E-state index in [4.69, 9.17) is 4.98 Å². The van der Waals surface area contributed by atoms with Gasteiger partial charge >= 0.3 is 0 Å². The minimum absolute atomic E-state index is 0.00989. The largest absolute Gasteiger partial charge is 0.264 e. The summed E-state index contributed by atoms with van der Waals surface area (Å²) in [5.74, 6) is 0.656. The lowest BCUT2D eigenvalue weighted by Gasteiger charge is -2.24. The maximum absolute atomic E-state index is 5.39. The van der Waals surface area contributed by atoms with Gasteiger partial charge < -0.3 is 0 Å². The van der Waals surface area contributed by atoms with Gasteiger partial charge in [-0.3, -0.25) is 9.97 Å². The van der Waals surface area contributed by atoms with Crippen molar-refractivity contribution < 1.29 is 0 Å². The lowest BCUT2D eigenvalue weighted by molar-refractivity contribution is 0.596. The molecule has 1 aliphatic rings. The first-order chi connectivity index (χ1) is 18.8. The van der Waals surface area contributed by atoms with Gasteiger partial charge in [0.25, 0.3) is 0 Å². The molecule has 0 saturated carbocycles. The lowest BCUT2D eigenvalue weighted by atomic mass is 9.82. The highest BCUT2D eigenvalue weighted by atomic mass is 32.1. The number of fused-ring (bicyclic) bond motifs is 3. The molecular formula is C37H40N2S. The highest BCUT2D eigenvalue weighted by Crippen LogP contribution is 2.47. The number of thiophene rings is 1. The van der Waals surface area contributed by atoms with E-state index in [1.807, 2.05) is 23.7 Å². The standard InChI is InChI=1S/C37H40N2S/c1-21(2)14-32-23(4)27-11-10-24(17-33(27)40-32)28-18-31(39-35-34(28)22(3)19-37(35,8)9)26-15-25-12-13-38-20-29(25)30(16-26)36(5,6)7/h10-13,15-21H,14H2,1-9H3. The topological polar surface area (TPSA) is 25.8 Å². The second-order valence-electron chi connectivity index (χ2n) is 13.7. The van der Waals surface area contributed by atoms with E-state index in [2.05, 4.69) is 116 Å². The second kappa shape index (κ2) is 9.38. The zero-order valence-electron chi connectivity index (χ0n) is 25.4. The number of rotatable bonds is 4. The molecule has 0 bridgehead atoms. The molecule has 3 heteroatoms. The Hall–Kier alpha value is -3.30. The molecule has 204 valence electrons. The summed E-state index contributed by atoms with van der Waals surface area (Å²) in [5, 5.41) is 3.82. The number of pyridine rings is 2. The summed E-state index contributed by atoms with van der Waals surface area (Å²) in [6.07, 6.45) is 7.42. The van der Waals surface area contributed by atoms with Crippen LogP contribution in [0.4, 0.5) is 0 Å². The molecule has 0 spiro atoms. The van der Waals surface area contributed by atoms with E-state index in [0.29, 0.717) is 5.92 Å². The van der Waals surface area contributed by atoms with E-state index in [-0.39, 0.29) is 10.8 Å². The fourth-order valence-electron chi connectivity index (χ4n) is 6.44. The van der Waals surface area contributed by atoms with Crippen LogP contribution in [0.5, 0.6) is 0 Å². The molecule has 0 radical (unpaired) electrons. The molecule has 0 atom stereocenters. The van der Waals surface area contributed by atoms with Gasteiger partial charge in [-0.2, -0.15) is 0 Å². The minimum Gasteiger partial charge on any atom is -0.264 e. The van der Waals surface area contributed by atoms with Gasteiger partial charge in [-0.15, -0.1) is 11.3 Å². The quantitative estimate of drug-likeness (QED) is 0.225. The predicted molar refractivity (Wildman–Crippen MR) is 174 cm³/mol. The van der Waals surface area contributed by atoms with Gasteiger partial charge in [0.05, 0.1) is 11.4 Å². The van der Waals surface area contributed by atoms with Crippen LogP contribution in [0.1, 0.15) is 82.7 Å². The van der Waals surface area contributed by atoms with E-state index in [0.717, 1.165) is 12.1 Å². The average molecular weight is 545 g/mol. The number of benzene rings is 2. The first-order valence-corrected chi connectivity index (χ1v) is 15.3. The zero-order chi connectivity index (χ0) is 28.6. The first kappa shape index (κ1) is 26.9. The lowest BCUT2D eigenvalue weighted by Crippen LogP contribution is -2.15. The summed E-state index contributed by atoms with van der Waals surface area (Å²) in [4.78, 5) is 11.3. The molecule has 3 aromatic heterocycles. The summed E-state index contributed by atoms with van der Waals surface area (Å²) < 4.78 is 1.38.